The minimum atomic E-state index is 0.695. The van der Waals surface area contributed by atoms with Gasteiger partial charge in [-0.15, -0.1) is 0 Å². The lowest BCUT2D eigenvalue weighted by Gasteiger charge is -2.12. The van der Waals surface area contributed by atoms with Crippen LogP contribution in [-0.4, -0.2) is 0 Å². The molecule has 16 heterocycles. The zero-order chi connectivity index (χ0) is 28.1. The van der Waals surface area contributed by atoms with Gasteiger partial charge in [-0.3, -0.25) is 0 Å². The van der Waals surface area contributed by atoms with Crippen molar-refractivity contribution in [3.63, 3.8) is 0 Å². The van der Waals surface area contributed by atoms with Crippen LogP contribution in [0.4, 0.5) is 0 Å². The van der Waals surface area contributed by atoms with Crippen LogP contribution in [0.5, 0.6) is 69.0 Å². The fourth-order valence-electron chi connectivity index (χ4n) is 4.27. The van der Waals surface area contributed by atoms with Crippen molar-refractivity contribution in [3.05, 3.63) is 146 Å². The van der Waals surface area contributed by atoms with Gasteiger partial charge in [0, 0.05) is 0 Å². The van der Waals surface area contributed by atoms with Gasteiger partial charge in [-0.2, -0.15) is 0 Å². The Morgan fingerprint density at radius 2 is 0.214 bits per heavy atom. The zero-order valence-corrected chi connectivity index (χ0v) is 22.3. The third kappa shape index (κ3) is 6.13. The fourth-order valence-corrected chi connectivity index (χ4v) is 4.27. The molecule has 0 unspecified atom stereocenters. The molecule has 6 heteroatoms. The Hall–Kier alpha value is -5.88. The Morgan fingerprint density at radius 1 is 0.143 bits per heavy atom. The zero-order valence-electron chi connectivity index (χ0n) is 22.3. The lowest BCUT2D eigenvalue weighted by atomic mass is 10.3. The van der Waals surface area contributed by atoms with Gasteiger partial charge in [0.25, 0.3) is 0 Å². The maximum absolute atomic E-state index is 5.99. The number of rotatable bonds is 0. The molecule has 16 aliphatic heterocycles. The summed E-state index contributed by atoms with van der Waals surface area (Å²) in [4.78, 5) is 0. The van der Waals surface area contributed by atoms with Crippen LogP contribution in [0.25, 0.3) is 0 Å². The summed E-state index contributed by atoms with van der Waals surface area (Å²) in [6.45, 7) is 0. The van der Waals surface area contributed by atoms with Crippen molar-refractivity contribution in [2.75, 3.05) is 0 Å². The van der Waals surface area contributed by atoms with E-state index < -0.39 is 0 Å². The van der Waals surface area contributed by atoms with Gasteiger partial charge in [0.05, 0.1) is 0 Å². The summed E-state index contributed by atoms with van der Waals surface area (Å²) in [5.41, 5.74) is 0. The van der Waals surface area contributed by atoms with Crippen LogP contribution in [0.15, 0.2) is 146 Å². The Balaban J connectivity index is 1.14. The third-order valence-electron chi connectivity index (χ3n) is 6.36. The molecule has 12 bridgehead atoms. The summed E-state index contributed by atoms with van der Waals surface area (Å²) < 4.78 is 36.0. The van der Waals surface area contributed by atoms with Gasteiger partial charge in [-0.1, -0.05) is 0 Å². The average Bonchev–Trinajstić information content (AvgIpc) is 3.03. The van der Waals surface area contributed by atoms with E-state index >= 15 is 0 Å². The quantitative estimate of drug-likeness (QED) is 0.187. The number of hydrogen-bond donors (Lipinski definition) is 0. The lowest BCUT2D eigenvalue weighted by Crippen LogP contribution is -1.89. The summed E-state index contributed by atoms with van der Waals surface area (Å²) in [7, 11) is 0. The van der Waals surface area contributed by atoms with Gasteiger partial charge in [0.1, 0.15) is 69.0 Å². The van der Waals surface area contributed by atoms with E-state index in [-0.39, 0.29) is 0 Å². The summed E-state index contributed by atoms with van der Waals surface area (Å²) in [5, 5.41) is 0. The summed E-state index contributed by atoms with van der Waals surface area (Å²) in [5.74, 6) is 8.35. The second-order valence-electron chi connectivity index (χ2n) is 9.44. The molecule has 0 aliphatic carbocycles. The molecular weight excluding hydrogens is 528 g/mol. The molecule has 6 aromatic rings. The molecule has 0 N–H and O–H groups in total. The number of ether oxygens (including phenoxy) is 6. The number of benzene rings is 6. The normalized spacial score (nSPS) is 12.0. The van der Waals surface area contributed by atoms with Gasteiger partial charge >= 0.3 is 0 Å². The van der Waals surface area contributed by atoms with E-state index in [2.05, 4.69) is 0 Å². The van der Waals surface area contributed by atoms with Crippen LogP contribution in [0.1, 0.15) is 0 Å². The molecule has 6 aromatic carbocycles. The molecule has 0 atom stereocenters. The second kappa shape index (κ2) is 11.3. The molecule has 0 saturated heterocycles. The van der Waals surface area contributed by atoms with E-state index in [9.17, 15) is 0 Å². The van der Waals surface area contributed by atoms with Crippen molar-refractivity contribution in [1.29, 1.82) is 0 Å². The summed E-state index contributed by atoms with van der Waals surface area (Å²) in [6.07, 6.45) is 0. The minimum Gasteiger partial charge on any atom is -0.457 e. The van der Waals surface area contributed by atoms with Crippen molar-refractivity contribution in [3.8, 4) is 69.0 Å². The van der Waals surface area contributed by atoms with Crippen LogP contribution in [0.2, 0.25) is 0 Å². The van der Waals surface area contributed by atoms with Crippen LogP contribution < -0.4 is 28.4 Å². The van der Waals surface area contributed by atoms with E-state index in [1.807, 2.05) is 146 Å². The monoisotopic (exact) mass is 552 g/mol. The molecule has 16 aliphatic rings. The first-order chi connectivity index (χ1) is 20.7. The fraction of sp³-hybridized carbons (Fsp3) is 0. The highest BCUT2D eigenvalue weighted by molar-refractivity contribution is 5.44. The minimum absolute atomic E-state index is 0.695. The molecular formula is C36H24O6. The van der Waals surface area contributed by atoms with E-state index in [0.29, 0.717) is 69.0 Å². The summed E-state index contributed by atoms with van der Waals surface area (Å²) in [6, 6.07) is 44.7. The lowest BCUT2D eigenvalue weighted by molar-refractivity contribution is 0.457. The predicted octanol–water partition coefficient (Wildman–Crippen LogP) is 10.8. The Bertz CT molecular complexity index is 1280. The molecule has 204 valence electrons. The summed E-state index contributed by atoms with van der Waals surface area (Å²) >= 11 is 0. The molecule has 0 saturated carbocycles. The molecule has 0 radical (unpaired) electrons. The molecule has 0 fully saturated rings. The molecule has 6 nitrogen and oxygen atoms in total. The van der Waals surface area contributed by atoms with Crippen LogP contribution in [0.3, 0.4) is 0 Å². The van der Waals surface area contributed by atoms with Crippen LogP contribution in [0, 0.1) is 0 Å². The van der Waals surface area contributed by atoms with E-state index in [4.69, 9.17) is 28.4 Å². The van der Waals surface area contributed by atoms with Gasteiger partial charge in [-0.05, 0) is 146 Å². The van der Waals surface area contributed by atoms with Crippen molar-refractivity contribution in [2.24, 2.45) is 0 Å². The molecule has 42 heavy (non-hydrogen) atoms. The largest absolute Gasteiger partial charge is 0.457 e. The van der Waals surface area contributed by atoms with Crippen molar-refractivity contribution < 1.29 is 28.4 Å². The Labute approximate surface area is 242 Å². The highest BCUT2D eigenvalue weighted by Crippen LogP contribution is 2.33. The Kier molecular flexibility index (Phi) is 6.76. The Morgan fingerprint density at radius 3 is 0.286 bits per heavy atom. The van der Waals surface area contributed by atoms with Gasteiger partial charge in [0.2, 0.25) is 0 Å². The first kappa shape index (κ1) is 25.1. The molecule has 0 aromatic heterocycles. The van der Waals surface area contributed by atoms with Crippen molar-refractivity contribution in [2.45, 2.75) is 0 Å². The standard InChI is InChI=1S/C36H24O6/c1-2-26-4-3-25(1)37-27-5-7-29(8-6-27)39-31-13-15-33(16-14-31)41-35-21-23-36(24-22-35)42-34-19-17-32(18-20-34)40-30-11-9-28(38-26)10-12-30/h1-24H. The third-order valence-corrected chi connectivity index (χ3v) is 6.36. The maximum Gasteiger partial charge on any atom is 0.127 e. The predicted molar refractivity (Wildman–Crippen MR) is 159 cm³/mol. The molecule has 0 amide bonds. The molecule has 22 rings (SSSR count). The van der Waals surface area contributed by atoms with Gasteiger partial charge in [0.15, 0.2) is 0 Å². The topological polar surface area (TPSA) is 55.4 Å². The molecule has 0 spiro atoms. The average molecular weight is 553 g/mol. The number of hydrogen-bond acceptors (Lipinski definition) is 6. The second-order valence-corrected chi connectivity index (χ2v) is 9.44. The van der Waals surface area contributed by atoms with Crippen molar-refractivity contribution in [1.82, 2.24) is 0 Å². The highest BCUT2D eigenvalue weighted by Gasteiger charge is 2.06. The highest BCUT2D eigenvalue weighted by atomic mass is 16.5. The van der Waals surface area contributed by atoms with E-state index in [1.165, 1.54) is 0 Å². The maximum atomic E-state index is 5.99. The first-order valence-electron chi connectivity index (χ1n) is 13.4. The van der Waals surface area contributed by atoms with Crippen LogP contribution in [-0.2, 0) is 0 Å². The van der Waals surface area contributed by atoms with E-state index in [1.54, 1.807) is 0 Å². The van der Waals surface area contributed by atoms with E-state index in [0.717, 1.165) is 0 Å². The van der Waals surface area contributed by atoms with Gasteiger partial charge in [-0.25, -0.2) is 0 Å². The SMILES string of the molecule is c1cc2ccc1Oc1ccc(cc1)Oc1ccc(cc1)Oc1ccc(cc1)Oc1ccc(cc1)Oc1ccc(cc1)O2. The van der Waals surface area contributed by atoms with Crippen LogP contribution >= 0.6 is 0 Å². The van der Waals surface area contributed by atoms with Gasteiger partial charge < -0.3 is 28.4 Å². The van der Waals surface area contributed by atoms with Crippen molar-refractivity contribution >= 4 is 0 Å². The first-order valence-corrected chi connectivity index (χ1v) is 13.4. The smallest absolute Gasteiger partial charge is 0.127 e.